The number of quaternary nitrogens is 1. The minimum absolute atomic E-state index is 0. The number of carbonyl (C=O) groups excluding carboxylic acids is 1. The van der Waals surface area contributed by atoms with Gasteiger partial charge in [0.05, 0.1) is 5.54 Å². The minimum atomic E-state index is -0.515. The number of hydrogen-bond donors (Lipinski definition) is 3. The summed E-state index contributed by atoms with van der Waals surface area (Å²) >= 11 is 0. The second kappa shape index (κ2) is 7.81. The summed E-state index contributed by atoms with van der Waals surface area (Å²) in [5.74, 6) is 0.793. The van der Waals surface area contributed by atoms with Gasteiger partial charge in [-0.3, -0.25) is 4.79 Å². The van der Waals surface area contributed by atoms with Crippen molar-refractivity contribution in [2.75, 3.05) is 18.5 Å². The minimum Gasteiger partial charge on any atom is -1.00 e. The molecule has 1 aliphatic rings. The lowest BCUT2D eigenvalue weighted by molar-refractivity contribution is -0.722. The van der Waals surface area contributed by atoms with E-state index in [0.29, 0.717) is 19.4 Å². The van der Waals surface area contributed by atoms with Gasteiger partial charge in [-0.2, -0.15) is 0 Å². The zero-order chi connectivity index (χ0) is 15.5. The van der Waals surface area contributed by atoms with Crippen molar-refractivity contribution < 1.29 is 32.4 Å². The molecule has 6 heteroatoms. The molecule has 124 valence electrons. The summed E-state index contributed by atoms with van der Waals surface area (Å²) in [6.45, 7) is 7.19. The molecule has 0 aliphatic carbocycles. The third kappa shape index (κ3) is 5.48. The first-order chi connectivity index (χ1) is 9.85. The zero-order valence-corrected chi connectivity index (χ0v) is 14.1. The van der Waals surface area contributed by atoms with E-state index in [4.69, 9.17) is 4.74 Å². The van der Waals surface area contributed by atoms with Gasteiger partial charge in [0, 0.05) is 17.7 Å². The van der Waals surface area contributed by atoms with Gasteiger partial charge < -0.3 is 32.9 Å². The molecule has 1 aliphatic heterocycles. The van der Waals surface area contributed by atoms with Gasteiger partial charge in [-0.05, 0) is 39.3 Å². The molecule has 0 fully saturated rings. The van der Waals surface area contributed by atoms with Crippen molar-refractivity contribution in [2.24, 2.45) is 0 Å². The van der Waals surface area contributed by atoms with Crippen LogP contribution in [0.25, 0.3) is 0 Å². The van der Waals surface area contributed by atoms with E-state index in [0.717, 1.165) is 17.0 Å². The fourth-order valence-corrected chi connectivity index (χ4v) is 2.27. The van der Waals surface area contributed by atoms with E-state index in [1.165, 1.54) is 0 Å². The van der Waals surface area contributed by atoms with Crippen molar-refractivity contribution in [1.82, 2.24) is 0 Å². The number of aliphatic hydroxyl groups is 1. The number of nitrogens with one attached hydrogen (secondary N) is 1. The van der Waals surface area contributed by atoms with Gasteiger partial charge in [0.2, 0.25) is 5.91 Å². The second-order valence-corrected chi connectivity index (χ2v) is 6.60. The number of nitrogens with two attached hydrogens (primary N) is 1. The van der Waals surface area contributed by atoms with E-state index < -0.39 is 6.10 Å². The molecule has 0 saturated heterocycles. The van der Waals surface area contributed by atoms with E-state index in [-0.39, 0.29) is 30.5 Å². The summed E-state index contributed by atoms with van der Waals surface area (Å²) < 4.78 is 5.75. The fraction of sp³-hybridized carbons (Fsp3) is 0.562. The molecule has 2 rings (SSSR count). The largest absolute Gasteiger partial charge is 1.00 e. The van der Waals surface area contributed by atoms with Crippen LogP contribution in [0.4, 0.5) is 5.69 Å². The van der Waals surface area contributed by atoms with Crippen LogP contribution in [0.2, 0.25) is 0 Å². The van der Waals surface area contributed by atoms with Gasteiger partial charge in [0.15, 0.2) is 0 Å². The summed E-state index contributed by atoms with van der Waals surface area (Å²) in [7, 11) is 0. The molecule has 0 aromatic heterocycles. The number of fused-ring (bicyclic) bond motifs is 1. The lowest BCUT2D eigenvalue weighted by Crippen LogP contribution is -3.00. The van der Waals surface area contributed by atoms with Crippen LogP contribution in [0.5, 0.6) is 5.75 Å². The van der Waals surface area contributed by atoms with Crippen molar-refractivity contribution in [3.63, 3.8) is 0 Å². The molecule has 1 aromatic carbocycles. The van der Waals surface area contributed by atoms with Gasteiger partial charge in [0.25, 0.3) is 0 Å². The normalized spacial score (nSPS) is 15.4. The van der Waals surface area contributed by atoms with Crippen LogP contribution in [-0.2, 0) is 11.2 Å². The molecular formula is C16H25ClN2O3. The highest BCUT2D eigenvalue weighted by molar-refractivity contribution is 5.94. The maximum absolute atomic E-state index is 11.4. The van der Waals surface area contributed by atoms with Gasteiger partial charge in [-0.1, -0.05) is 6.07 Å². The Hall–Kier alpha value is -1.30. The Morgan fingerprint density at radius 3 is 2.77 bits per heavy atom. The molecule has 5 nitrogen and oxygen atoms in total. The molecule has 0 saturated carbocycles. The van der Waals surface area contributed by atoms with E-state index in [1.807, 2.05) is 18.2 Å². The molecule has 1 atom stereocenters. The van der Waals surface area contributed by atoms with Crippen LogP contribution >= 0.6 is 0 Å². The van der Waals surface area contributed by atoms with Crippen LogP contribution in [0.1, 0.15) is 32.8 Å². The number of rotatable bonds is 5. The van der Waals surface area contributed by atoms with E-state index in [1.54, 1.807) is 0 Å². The number of amides is 1. The Balaban J connectivity index is 0.00000242. The average Bonchev–Trinajstić information content (AvgIpc) is 2.41. The number of anilines is 1. The molecule has 22 heavy (non-hydrogen) atoms. The SMILES string of the molecule is CC(C)(C)[NH2+]CC(O)COc1cccc2c1CCC(=O)N2.[Cl-]. The predicted molar refractivity (Wildman–Crippen MR) is 81.4 cm³/mol. The number of benzene rings is 1. The maximum atomic E-state index is 11.4. The Bertz CT molecular complexity index is 515. The molecule has 0 bridgehead atoms. The lowest BCUT2D eigenvalue weighted by Gasteiger charge is -2.22. The number of ether oxygens (including phenoxy) is 1. The standard InChI is InChI=1S/C16H24N2O3.ClH/c1-16(2,3)17-9-11(19)10-21-14-6-4-5-13-12(14)7-8-15(20)18-13;/h4-6,11,17,19H,7-10H2,1-3H3,(H,18,20);1H. The maximum Gasteiger partial charge on any atom is 0.224 e. The zero-order valence-electron chi connectivity index (χ0n) is 13.4. The molecular weight excluding hydrogens is 304 g/mol. The Kier molecular flexibility index (Phi) is 6.66. The number of carbonyl (C=O) groups is 1. The quantitative estimate of drug-likeness (QED) is 0.568. The van der Waals surface area contributed by atoms with Crippen molar-refractivity contribution in [1.29, 1.82) is 0 Å². The Morgan fingerprint density at radius 1 is 1.36 bits per heavy atom. The highest BCUT2D eigenvalue weighted by atomic mass is 35.5. The van der Waals surface area contributed by atoms with Crippen molar-refractivity contribution >= 4 is 11.6 Å². The Morgan fingerprint density at radius 2 is 2.09 bits per heavy atom. The number of hydrogen-bond acceptors (Lipinski definition) is 3. The summed E-state index contributed by atoms with van der Waals surface area (Å²) in [4.78, 5) is 11.4. The average molecular weight is 329 g/mol. The van der Waals surface area contributed by atoms with E-state index in [9.17, 15) is 9.90 Å². The number of halogens is 1. The fourth-order valence-electron chi connectivity index (χ4n) is 2.27. The first-order valence-corrected chi connectivity index (χ1v) is 7.42. The van der Waals surface area contributed by atoms with E-state index >= 15 is 0 Å². The lowest BCUT2D eigenvalue weighted by atomic mass is 10.0. The third-order valence-corrected chi connectivity index (χ3v) is 3.44. The number of aliphatic hydroxyl groups excluding tert-OH is 1. The van der Waals surface area contributed by atoms with Crippen molar-refractivity contribution in [3.8, 4) is 5.75 Å². The summed E-state index contributed by atoms with van der Waals surface area (Å²) in [6, 6.07) is 5.62. The molecule has 1 aromatic rings. The molecule has 0 spiro atoms. The van der Waals surface area contributed by atoms with Crippen LogP contribution in [0.3, 0.4) is 0 Å². The van der Waals surface area contributed by atoms with Crippen LogP contribution < -0.4 is 27.8 Å². The summed E-state index contributed by atoms with van der Waals surface area (Å²) in [5.41, 5.74) is 1.93. The van der Waals surface area contributed by atoms with Crippen LogP contribution in [0, 0.1) is 0 Å². The van der Waals surface area contributed by atoms with E-state index in [2.05, 4.69) is 31.4 Å². The van der Waals surface area contributed by atoms with Gasteiger partial charge >= 0.3 is 0 Å². The molecule has 4 N–H and O–H groups in total. The van der Waals surface area contributed by atoms with Crippen LogP contribution in [0.15, 0.2) is 18.2 Å². The topological polar surface area (TPSA) is 75.2 Å². The highest BCUT2D eigenvalue weighted by Crippen LogP contribution is 2.30. The molecule has 1 unspecified atom stereocenters. The van der Waals surface area contributed by atoms with Gasteiger partial charge in [0.1, 0.15) is 25.0 Å². The highest BCUT2D eigenvalue weighted by Gasteiger charge is 2.20. The van der Waals surface area contributed by atoms with Crippen molar-refractivity contribution in [2.45, 2.75) is 45.3 Å². The first-order valence-electron chi connectivity index (χ1n) is 7.42. The summed E-state index contributed by atoms with van der Waals surface area (Å²) in [6.07, 6.45) is 0.646. The molecule has 1 amide bonds. The first kappa shape index (κ1) is 18.7. The third-order valence-electron chi connectivity index (χ3n) is 3.44. The monoisotopic (exact) mass is 328 g/mol. The Labute approximate surface area is 137 Å². The predicted octanol–water partition coefficient (Wildman–Crippen LogP) is -2.32. The summed E-state index contributed by atoms with van der Waals surface area (Å²) in [5, 5.41) is 14.9. The molecule has 0 radical (unpaired) electrons. The second-order valence-electron chi connectivity index (χ2n) is 6.60. The van der Waals surface area contributed by atoms with Gasteiger partial charge in [-0.25, -0.2) is 0 Å². The smallest absolute Gasteiger partial charge is 0.224 e. The van der Waals surface area contributed by atoms with Crippen LogP contribution in [-0.4, -0.2) is 35.8 Å². The van der Waals surface area contributed by atoms with Gasteiger partial charge in [-0.15, -0.1) is 0 Å². The van der Waals surface area contributed by atoms with Crippen molar-refractivity contribution in [3.05, 3.63) is 23.8 Å². The molecule has 1 heterocycles.